The van der Waals surface area contributed by atoms with Crippen molar-refractivity contribution < 1.29 is 18.0 Å². The minimum atomic E-state index is -4.32. The molecule has 6 nitrogen and oxygen atoms in total. The second kappa shape index (κ2) is 8.29. The fourth-order valence-corrected chi connectivity index (χ4v) is 4.54. The zero-order chi connectivity index (χ0) is 21.3. The number of H-pyrrole nitrogens is 1. The molecule has 0 unspecified atom stereocenters. The summed E-state index contributed by atoms with van der Waals surface area (Å²) in [7, 11) is 1.62. The van der Waals surface area contributed by atoms with Crippen molar-refractivity contribution in [1.29, 1.82) is 0 Å². The number of aromatic nitrogens is 2. The first-order chi connectivity index (χ1) is 14.4. The lowest BCUT2D eigenvalue weighted by Gasteiger charge is -2.33. The van der Waals surface area contributed by atoms with Gasteiger partial charge in [0, 0.05) is 37.8 Å². The van der Waals surface area contributed by atoms with Gasteiger partial charge in [0.25, 0.3) is 0 Å². The van der Waals surface area contributed by atoms with Gasteiger partial charge in [0.05, 0.1) is 17.8 Å². The molecule has 1 fully saturated rings. The van der Waals surface area contributed by atoms with E-state index in [-0.39, 0.29) is 11.9 Å². The van der Waals surface area contributed by atoms with Crippen LogP contribution in [0.2, 0.25) is 0 Å². The first-order valence-corrected chi connectivity index (χ1v) is 10.3. The molecule has 9 heteroatoms. The topological polar surface area (TPSA) is 64.3 Å². The van der Waals surface area contributed by atoms with E-state index in [2.05, 4.69) is 20.4 Å². The molecule has 0 saturated carbocycles. The standard InChI is InChI=1S/C21H26F3N5O/c1-25-20(30)29-11-8-18-16(12-29)19(27-26-18)13-28-9-6-14(7-10-28)15-4-2-3-5-17(15)21(22,23)24/h2-5,14H,6-13H2,1H3,(H,25,30)(H,26,27). The van der Waals surface area contributed by atoms with Crippen LogP contribution in [-0.2, 0) is 25.7 Å². The number of likely N-dealkylation sites (tertiary alicyclic amines) is 1. The van der Waals surface area contributed by atoms with E-state index in [0.29, 0.717) is 38.0 Å². The second-order valence-corrected chi connectivity index (χ2v) is 7.99. The Hall–Kier alpha value is -2.55. The predicted octanol–water partition coefficient (Wildman–Crippen LogP) is 3.51. The molecule has 0 radical (unpaired) electrons. The maximum Gasteiger partial charge on any atom is 0.416 e. The average Bonchev–Trinajstić information content (AvgIpc) is 3.15. The largest absolute Gasteiger partial charge is 0.416 e. The number of hydrogen-bond acceptors (Lipinski definition) is 3. The monoisotopic (exact) mass is 421 g/mol. The normalized spacial score (nSPS) is 18.3. The van der Waals surface area contributed by atoms with E-state index in [1.54, 1.807) is 24.1 Å². The summed E-state index contributed by atoms with van der Waals surface area (Å²) in [6.07, 6.45) is -2.21. The summed E-state index contributed by atoms with van der Waals surface area (Å²) >= 11 is 0. The van der Waals surface area contributed by atoms with Crippen molar-refractivity contribution in [2.45, 2.75) is 44.4 Å². The van der Waals surface area contributed by atoms with Crippen molar-refractivity contribution in [2.75, 3.05) is 26.7 Å². The smallest absolute Gasteiger partial charge is 0.341 e. The summed E-state index contributed by atoms with van der Waals surface area (Å²) in [5.41, 5.74) is 2.95. The van der Waals surface area contributed by atoms with Gasteiger partial charge in [-0.15, -0.1) is 0 Å². The van der Waals surface area contributed by atoms with Gasteiger partial charge in [0.1, 0.15) is 0 Å². The number of benzene rings is 1. The zero-order valence-electron chi connectivity index (χ0n) is 16.9. The number of rotatable bonds is 3. The van der Waals surface area contributed by atoms with Crippen molar-refractivity contribution in [3.8, 4) is 0 Å². The number of piperidine rings is 1. The molecular formula is C21H26F3N5O. The van der Waals surface area contributed by atoms with Gasteiger partial charge in [-0.05, 0) is 43.5 Å². The summed E-state index contributed by atoms with van der Waals surface area (Å²) in [6.45, 7) is 3.25. The second-order valence-electron chi connectivity index (χ2n) is 7.99. The van der Waals surface area contributed by atoms with Crippen LogP contribution in [0.4, 0.5) is 18.0 Å². The third-order valence-electron chi connectivity index (χ3n) is 6.19. The molecule has 1 aromatic carbocycles. The van der Waals surface area contributed by atoms with Crippen LogP contribution in [0.25, 0.3) is 0 Å². The Morgan fingerprint density at radius 2 is 1.97 bits per heavy atom. The number of fused-ring (bicyclic) bond motifs is 1. The van der Waals surface area contributed by atoms with Crippen molar-refractivity contribution in [1.82, 2.24) is 25.3 Å². The molecule has 2 aromatic rings. The molecule has 1 saturated heterocycles. The Balaban J connectivity index is 1.40. The number of carbonyl (C=O) groups is 1. The van der Waals surface area contributed by atoms with E-state index in [0.717, 1.165) is 36.5 Å². The minimum Gasteiger partial charge on any atom is -0.341 e. The summed E-state index contributed by atoms with van der Waals surface area (Å²) in [5.74, 6) is -0.0871. The molecule has 2 aliphatic heterocycles. The number of carbonyl (C=O) groups excluding carboxylic acids is 1. The molecular weight excluding hydrogens is 395 g/mol. The van der Waals surface area contributed by atoms with Gasteiger partial charge in [-0.2, -0.15) is 18.3 Å². The number of nitrogens with zero attached hydrogens (tertiary/aromatic N) is 3. The van der Waals surface area contributed by atoms with Gasteiger partial charge in [-0.25, -0.2) is 4.79 Å². The Bertz CT molecular complexity index is 902. The van der Waals surface area contributed by atoms with Crippen LogP contribution >= 0.6 is 0 Å². The Labute approximate surface area is 173 Å². The number of halogens is 3. The molecule has 4 rings (SSSR count). The molecule has 2 aliphatic rings. The fraction of sp³-hybridized carbons (Fsp3) is 0.524. The predicted molar refractivity (Wildman–Crippen MR) is 106 cm³/mol. The number of aromatic amines is 1. The van der Waals surface area contributed by atoms with E-state index in [1.165, 1.54) is 12.1 Å². The third-order valence-corrected chi connectivity index (χ3v) is 6.19. The molecule has 30 heavy (non-hydrogen) atoms. The summed E-state index contributed by atoms with van der Waals surface area (Å²) in [5, 5.41) is 10.2. The van der Waals surface area contributed by atoms with Crippen molar-refractivity contribution in [2.24, 2.45) is 0 Å². The average molecular weight is 421 g/mol. The highest BCUT2D eigenvalue weighted by molar-refractivity contribution is 5.74. The van der Waals surface area contributed by atoms with E-state index >= 15 is 0 Å². The highest BCUT2D eigenvalue weighted by Crippen LogP contribution is 2.38. The summed E-state index contributed by atoms with van der Waals surface area (Å²) in [4.78, 5) is 16.0. The van der Waals surface area contributed by atoms with Crippen LogP contribution in [0.15, 0.2) is 24.3 Å². The summed E-state index contributed by atoms with van der Waals surface area (Å²) < 4.78 is 40.1. The van der Waals surface area contributed by atoms with Crippen LogP contribution in [0.3, 0.4) is 0 Å². The number of nitrogens with one attached hydrogen (secondary N) is 2. The molecule has 0 bridgehead atoms. The highest BCUT2D eigenvalue weighted by atomic mass is 19.4. The van der Waals surface area contributed by atoms with Crippen LogP contribution < -0.4 is 5.32 Å². The maximum atomic E-state index is 13.4. The van der Waals surface area contributed by atoms with Crippen molar-refractivity contribution >= 4 is 6.03 Å². The zero-order valence-corrected chi connectivity index (χ0v) is 16.9. The van der Waals surface area contributed by atoms with Gasteiger partial charge < -0.3 is 10.2 Å². The van der Waals surface area contributed by atoms with Gasteiger partial charge in [0.2, 0.25) is 0 Å². The van der Waals surface area contributed by atoms with Gasteiger partial charge in [-0.3, -0.25) is 10.00 Å². The lowest BCUT2D eigenvalue weighted by molar-refractivity contribution is -0.138. The van der Waals surface area contributed by atoms with Crippen LogP contribution in [0, 0.1) is 0 Å². The van der Waals surface area contributed by atoms with Crippen molar-refractivity contribution in [3.05, 3.63) is 52.3 Å². The number of alkyl halides is 3. The van der Waals surface area contributed by atoms with Crippen LogP contribution in [-0.4, -0.2) is 52.7 Å². The van der Waals surface area contributed by atoms with E-state index < -0.39 is 11.7 Å². The number of hydrogen-bond donors (Lipinski definition) is 2. The maximum absolute atomic E-state index is 13.4. The van der Waals surface area contributed by atoms with Gasteiger partial charge in [-0.1, -0.05) is 18.2 Å². The Kier molecular flexibility index (Phi) is 5.73. The molecule has 2 amide bonds. The van der Waals surface area contributed by atoms with Gasteiger partial charge >= 0.3 is 12.2 Å². The lowest BCUT2D eigenvalue weighted by Crippen LogP contribution is -2.41. The molecule has 2 N–H and O–H groups in total. The quantitative estimate of drug-likeness (QED) is 0.797. The lowest BCUT2D eigenvalue weighted by atomic mass is 9.86. The number of amides is 2. The molecule has 162 valence electrons. The molecule has 0 aliphatic carbocycles. The first kappa shape index (κ1) is 20.7. The van der Waals surface area contributed by atoms with E-state index in [1.807, 2.05) is 0 Å². The minimum absolute atomic E-state index is 0.0871. The Morgan fingerprint density at radius 1 is 1.23 bits per heavy atom. The van der Waals surface area contributed by atoms with Crippen molar-refractivity contribution in [3.63, 3.8) is 0 Å². The van der Waals surface area contributed by atoms with Gasteiger partial charge in [0.15, 0.2) is 0 Å². The van der Waals surface area contributed by atoms with E-state index in [9.17, 15) is 18.0 Å². The molecule has 3 heterocycles. The van der Waals surface area contributed by atoms with Crippen LogP contribution in [0.5, 0.6) is 0 Å². The first-order valence-electron chi connectivity index (χ1n) is 10.3. The molecule has 1 aromatic heterocycles. The fourth-order valence-electron chi connectivity index (χ4n) is 4.54. The Morgan fingerprint density at radius 3 is 2.67 bits per heavy atom. The molecule has 0 atom stereocenters. The van der Waals surface area contributed by atoms with E-state index in [4.69, 9.17) is 0 Å². The molecule has 0 spiro atoms. The summed E-state index contributed by atoms with van der Waals surface area (Å²) in [6, 6.07) is 5.82. The third kappa shape index (κ3) is 4.16. The highest BCUT2D eigenvalue weighted by Gasteiger charge is 2.36. The van der Waals surface area contributed by atoms with Crippen LogP contribution in [0.1, 0.15) is 46.8 Å². The number of urea groups is 1. The SMILES string of the molecule is CNC(=O)N1CCc2[nH]nc(CN3CCC(c4ccccc4C(F)(F)F)CC3)c2C1.